The van der Waals surface area contributed by atoms with Gasteiger partial charge in [-0.2, -0.15) is 0 Å². The number of nitrogens with one attached hydrogen (secondary N) is 1. The van der Waals surface area contributed by atoms with Crippen molar-refractivity contribution in [2.75, 3.05) is 19.6 Å². The van der Waals surface area contributed by atoms with Gasteiger partial charge in [-0.15, -0.1) is 0 Å². The number of phenols is 1. The zero-order valence-corrected chi connectivity index (χ0v) is 17.8. The van der Waals surface area contributed by atoms with E-state index in [1.165, 1.54) is 18.9 Å². The van der Waals surface area contributed by atoms with E-state index in [4.69, 9.17) is 9.84 Å². The van der Waals surface area contributed by atoms with Gasteiger partial charge >= 0.3 is 5.97 Å². The fourth-order valence-corrected chi connectivity index (χ4v) is 6.87. The zero-order valence-electron chi connectivity index (χ0n) is 17.8. The number of aliphatic carboxylic acids is 1. The third-order valence-corrected chi connectivity index (χ3v) is 8.38. The summed E-state index contributed by atoms with van der Waals surface area (Å²) in [6.07, 6.45) is 5.80. The lowest BCUT2D eigenvalue weighted by Crippen LogP contribution is -2.75. The van der Waals surface area contributed by atoms with Crippen molar-refractivity contribution in [1.29, 1.82) is 0 Å². The van der Waals surface area contributed by atoms with Crippen LogP contribution in [0.1, 0.15) is 43.2 Å². The van der Waals surface area contributed by atoms with Gasteiger partial charge in [0, 0.05) is 24.2 Å². The predicted octanol–water partition coefficient (Wildman–Crippen LogP) is 1.08. The Labute approximate surface area is 185 Å². The number of rotatable bonds is 5. The summed E-state index contributed by atoms with van der Waals surface area (Å²) in [7, 11) is 0. The van der Waals surface area contributed by atoms with Gasteiger partial charge in [0.25, 0.3) is 0 Å². The van der Waals surface area contributed by atoms with E-state index in [1.54, 1.807) is 6.07 Å². The number of piperidine rings is 1. The molecular formula is C24H28N2O6. The molecule has 1 amide bonds. The van der Waals surface area contributed by atoms with Crippen LogP contribution in [-0.2, 0) is 21.4 Å². The second-order valence-corrected chi connectivity index (χ2v) is 10.1. The van der Waals surface area contributed by atoms with Crippen LogP contribution in [0.5, 0.6) is 11.5 Å². The number of likely N-dealkylation sites (tertiary alicyclic amines) is 1. The molecule has 0 aromatic heterocycles. The number of phenolic OH excluding ortho intramolecular Hbond substituents is 1. The summed E-state index contributed by atoms with van der Waals surface area (Å²) >= 11 is 0. The maximum Gasteiger partial charge on any atom is 0.322 e. The van der Waals surface area contributed by atoms with E-state index >= 15 is 0 Å². The number of carboxylic acid groups (broad SMARTS) is 1. The number of nitrogens with zero attached hydrogens (tertiary/aromatic N) is 1. The van der Waals surface area contributed by atoms with E-state index < -0.39 is 35.5 Å². The van der Waals surface area contributed by atoms with Gasteiger partial charge in [-0.25, -0.2) is 0 Å². The van der Waals surface area contributed by atoms with Crippen LogP contribution in [0, 0.1) is 5.92 Å². The highest BCUT2D eigenvalue weighted by Gasteiger charge is 2.72. The number of hydrogen-bond donors (Lipinski definition) is 4. The molecule has 3 aliphatic carbocycles. The SMILES string of the molecule is O=C(O)CNC(=O)/C=C1/CC[C@@]2(O)[C@H]3Cc4ccc(O)c5c4[C@@]2(CCN3CC2CC2)[C@H]1O5. The van der Waals surface area contributed by atoms with Crippen molar-refractivity contribution < 1.29 is 29.6 Å². The summed E-state index contributed by atoms with van der Waals surface area (Å²) in [4.78, 5) is 25.7. The lowest BCUT2D eigenvalue weighted by molar-refractivity contribution is -0.174. The summed E-state index contributed by atoms with van der Waals surface area (Å²) in [6.45, 7) is 1.40. The normalized spacial score (nSPS) is 35.8. The first-order valence-electron chi connectivity index (χ1n) is 11.5. The molecule has 8 nitrogen and oxygen atoms in total. The van der Waals surface area contributed by atoms with E-state index in [0.717, 1.165) is 42.1 Å². The Kier molecular flexibility index (Phi) is 4.21. The van der Waals surface area contributed by atoms with Crippen LogP contribution in [0.25, 0.3) is 0 Å². The van der Waals surface area contributed by atoms with Crippen molar-refractivity contribution >= 4 is 11.9 Å². The van der Waals surface area contributed by atoms with Crippen molar-refractivity contribution in [3.8, 4) is 11.5 Å². The van der Waals surface area contributed by atoms with E-state index in [1.807, 2.05) is 6.07 Å². The molecule has 0 radical (unpaired) electrons. The quantitative estimate of drug-likeness (QED) is 0.506. The van der Waals surface area contributed by atoms with E-state index in [0.29, 0.717) is 25.0 Å². The molecule has 1 saturated heterocycles. The maximum atomic E-state index is 12.4. The summed E-state index contributed by atoms with van der Waals surface area (Å²) < 4.78 is 6.35. The Hall–Kier alpha value is -2.58. The van der Waals surface area contributed by atoms with Crippen LogP contribution >= 0.6 is 0 Å². The topological polar surface area (TPSA) is 119 Å². The van der Waals surface area contributed by atoms with E-state index in [9.17, 15) is 19.8 Å². The number of aromatic hydroxyl groups is 1. The number of carbonyl (C=O) groups is 2. The maximum absolute atomic E-state index is 12.4. The van der Waals surface area contributed by atoms with E-state index in [-0.39, 0.29) is 11.8 Å². The summed E-state index contributed by atoms with van der Waals surface area (Å²) in [5.74, 6) is -0.378. The van der Waals surface area contributed by atoms with Gasteiger partial charge in [0.2, 0.25) is 5.91 Å². The Morgan fingerprint density at radius 3 is 2.84 bits per heavy atom. The Morgan fingerprint density at radius 1 is 1.28 bits per heavy atom. The van der Waals surface area contributed by atoms with Gasteiger partial charge in [-0.1, -0.05) is 6.07 Å². The van der Waals surface area contributed by atoms with Crippen molar-refractivity contribution in [3.05, 3.63) is 34.9 Å². The molecule has 2 heterocycles. The number of hydrogen-bond acceptors (Lipinski definition) is 6. The summed E-state index contributed by atoms with van der Waals surface area (Å²) in [5.41, 5.74) is 1.04. The number of carbonyl (C=O) groups excluding carboxylic acids is 1. The Bertz CT molecular complexity index is 1050. The largest absolute Gasteiger partial charge is 0.504 e. The Morgan fingerprint density at radius 2 is 2.09 bits per heavy atom. The number of aliphatic hydroxyl groups is 1. The first kappa shape index (κ1) is 20.1. The number of ether oxygens (including phenoxy) is 1. The number of amides is 1. The molecule has 2 saturated carbocycles. The smallest absolute Gasteiger partial charge is 0.322 e. The molecule has 1 aromatic rings. The minimum absolute atomic E-state index is 0.0201. The summed E-state index contributed by atoms with van der Waals surface area (Å²) in [6, 6.07) is 3.59. The predicted molar refractivity (Wildman–Crippen MR) is 114 cm³/mol. The molecule has 4 N–H and O–H groups in total. The van der Waals surface area contributed by atoms with Gasteiger partial charge in [0.05, 0.1) is 11.0 Å². The van der Waals surface area contributed by atoms with Crippen LogP contribution < -0.4 is 10.1 Å². The van der Waals surface area contributed by atoms with Crippen LogP contribution in [0.3, 0.4) is 0 Å². The highest BCUT2D eigenvalue weighted by Crippen LogP contribution is 2.66. The monoisotopic (exact) mass is 440 g/mol. The average molecular weight is 440 g/mol. The molecule has 6 rings (SSSR count). The van der Waals surface area contributed by atoms with Crippen molar-refractivity contribution in [1.82, 2.24) is 10.2 Å². The molecule has 2 aliphatic heterocycles. The van der Waals surface area contributed by atoms with Gasteiger partial charge in [0.1, 0.15) is 12.6 Å². The fourth-order valence-electron chi connectivity index (χ4n) is 6.87. The van der Waals surface area contributed by atoms with Crippen molar-refractivity contribution in [2.24, 2.45) is 5.92 Å². The van der Waals surface area contributed by atoms with Crippen LogP contribution in [0.15, 0.2) is 23.8 Å². The first-order valence-corrected chi connectivity index (χ1v) is 11.5. The second kappa shape index (κ2) is 6.71. The molecule has 1 aromatic carbocycles. The lowest BCUT2D eigenvalue weighted by Gasteiger charge is -2.63. The molecule has 4 atom stereocenters. The number of benzene rings is 1. The summed E-state index contributed by atoms with van der Waals surface area (Å²) in [5, 5.41) is 34.2. The lowest BCUT2D eigenvalue weighted by atomic mass is 9.48. The van der Waals surface area contributed by atoms with Crippen LogP contribution in [0.2, 0.25) is 0 Å². The van der Waals surface area contributed by atoms with Crippen molar-refractivity contribution in [2.45, 2.75) is 61.7 Å². The standard InChI is InChI=1S/C24H28N2O6/c27-16-4-3-14-9-17-24(31)6-5-15(10-18(28)25-11-19(29)30)22-23(24,20(14)21(16)32-22)7-8-26(17)12-13-1-2-13/h3-4,10,13,17,22,27,31H,1-2,5-9,11-12H2,(H,25,28)(H,29,30)/b15-10-/t17-,22+,23+,24-/m1/s1. The van der Waals surface area contributed by atoms with Gasteiger partial charge in [0.15, 0.2) is 11.5 Å². The second-order valence-electron chi connectivity index (χ2n) is 10.1. The minimum atomic E-state index is -1.11. The van der Waals surface area contributed by atoms with Crippen molar-refractivity contribution in [3.63, 3.8) is 0 Å². The number of carboxylic acids is 1. The average Bonchev–Trinajstić information content (AvgIpc) is 3.49. The molecule has 5 aliphatic rings. The molecule has 8 heteroatoms. The molecular weight excluding hydrogens is 412 g/mol. The molecule has 0 unspecified atom stereocenters. The Balaban J connectivity index is 1.44. The van der Waals surface area contributed by atoms with Crippen LogP contribution in [0.4, 0.5) is 0 Å². The van der Waals surface area contributed by atoms with Gasteiger partial charge in [-0.05, 0) is 68.2 Å². The van der Waals surface area contributed by atoms with Crippen LogP contribution in [-0.4, -0.2) is 69.5 Å². The minimum Gasteiger partial charge on any atom is -0.504 e. The van der Waals surface area contributed by atoms with E-state index in [2.05, 4.69) is 10.2 Å². The first-order chi connectivity index (χ1) is 15.3. The zero-order chi connectivity index (χ0) is 22.3. The molecule has 2 bridgehead atoms. The highest BCUT2D eigenvalue weighted by atomic mass is 16.5. The molecule has 32 heavy (non-hydrogen) atoms. The highest BCUT2D eigenvalue weighted by molar-refractivity contribution is 5.91. The molecule has 3 fully saturated rings. The third-order valence-electron chi connectivity index (χ3n) is 8.38. The molecule has 170 valence electrons. The third kappa shape index (κ3) is 2.62. The molecule has 1 spiro atoms. The fraction of sp³-hybridized carbons (Fsp3) is 0.583. The van der Waals surface area contributed by atoms with Gasteiger partial charge in [-0.3, -0.25) is 14.5 Å². The van der Waals surface area contributed by atoms with Gasteiger partial charge < -0.3 is 25.4 Å².